The van der Waals surface area contributed by atoms with Gasteiger partial charge < -0.3 is 10.4 Å². The number of aromatic hydroxyl groups is 1. The van der Waals surface area contributed by atoms with E-state index >= 15 is 0 Å². The molecule has 1 unspecified atom stereocenters. The third kappa shape index (κ3) is 8.25. The van der Waals surface area contributed by atoms with Gasteiger partial charge in [-0.1, -0.05) is 0 Å². The Morgan fingerprint density at radius 2 is 1.88 bits per heavy atom. The highest BCUT2D eigenvalue weighted by Crippen LogP contribution is 2.09. The molecule has 0 aromatic carbocycles. The minimum Gasteiger partial charge on any atom is -0.506 e. The average molecular weight is 281 g/mol. The van der Waals surface area contributed by atoms with E-state index in [1.807, 2.05) is 6.07 Å². The first kappa shape index (κ1) is 18.8. The molecule has 2 N–H and O–H groups in total. The lowest BCUT2D eigenvalue weighted by Gasteiger charge is -2.25. The van der Waals surface area contributed by atoms with Crippen molar-refractivity contribution in [2.45, 2.75) is 45.7 Å². The Bertz CT molecular complexity index is 309. The van der Waals surface area contributed by atoms with Gasteiger partial charge in [0.1, 0.15) is 5.75 Å². The molecule has 0 bridgehead atoms. The molecule has 0 aliphatic carbocycles. The Morgan fingerprint density at radius 3 is 2.29 bits per heavy atom. The van der Waals surface area contributed by atoms with Crippen molar-refractivity contribution < 1.29 is 5.11 Å². The van der Waals surface area contributed by atoms with Gasteiger partial charge in [-0.25, -0.2) is 0 Å². The summed E-state index contributed by atoms with van der Waals surface area (Å²) in [5.74, 6) is 0.218. The summed E-state index contributed by atoms with van der Waals surface area (Å²) in [7, 11) is 0. The van der Waals surface area contributed by atoms with Gasteiger partial charge in [-0.05, 0) is 39.8 Å². The van der Waals surface area contributed by atoms with Crippen molar-refractivity contribution in [2.75, 3.05) is 0 Å². The summed E-state index contributed by atoms with van der Waals surface area (Å²) >= 11 is 0. The largest absolute Gasteiger partial charge is 0.506 e. The number of halogens is 2. The van der Waals surface area contributed by atoms with Gasteiger partial charge in [0.2, 0.25) is 0 Å². The van der Waals surface area contributed by atoms with E-state index in [1.54, 1.807) is 6.07 Å². The van der Waals surface area contributed by atoms with Crippen LogP contribution in [0, 0.1) is 0 Å². The number of aromatic nitrogens is 1. The van der Waals surface area contributed by atoms with E-state index < -0.39 is 0 Å². The summed E-state index contributed by atoms with van der Waals surface area (Å²) < 4.78 is 0. The van der Waals surface area contributed by atoms with Crippen LogP contribution in [0.5, 0.6) is 5.75 Å². The second kappa shape index (κ2) is 7.75. The van der Waals surface area contributed by atoms with Gasteiger partial charge >= 0.3 is 0 Å². The number of hydrogen-bond acceptors (Lipinski definition) is 3. The van der Waals surface area contributed by atoms with Crippen LogP contribution in [0.2, 0.25) is 0 Å². The molecule has 0 radical (unpaired) electrons. The summed E-state index contributed by atoms with van der Waals surface area (Å²) in [5.41, 5.74) is 1.12. The Hall–Kier alpha value is -0.510. The molecule has 1 atom stereocenters. The first-order chi connectivity index (χ1) is 6.87. The van der Waals surface area contributed by atoms with Gasteiger partial charge in [0.15, 0.2) is 0 Å². The van der Waals surface area contributed by atoms with Crippen LogP contribution in [0.15, 0.2) is 18.3 Å². The highest BCUT2D eigenvalue weighted by Gasteiger charge is 2.13. The predicted molar refractivity (Wildman–Crippen MR) is 76.5 cm³/mol. The summed E-state index contributed by atoms with van der Waals surface area (Å²) in [6.07, 6.45) is 2.36. The minimum atomic E-state index is 0. The van der Waals surface area contributed by atoms with Crippen LogP contribution in [0.4, 0.5) is 0 Å². The van der Waals surface area contributed by atoms with Gasteiger partial charge in [0, 0.05) is 23.7 Å². The molecule has 0 fully saturated rings. The van der Waals surface area contributed by atoms with Crippen LogP contribution in [0.3, 0.4) is 0 Å². The molecule has 1 rings (SSSR count). The second-order valence-electron chi connectivity index (χ2n) is 5.01. The Morgan fingerprint density at radius 1 is 1.29 bits per heavy atom. The van der Waals surface area contributed by atoms with Crippen molar-refractivity contribution >= 4 is 24.8 Å². The third-order valence-electron chi connectivity index (χ3n) is 2.00. The van der Waals surface area contributed by atoms with Crippen molar-refractivity contribution in [1.29, 1.82) is 0 Å². The van der Waals surface area contributed by atoms with Crippen molar-refractivity contribution in [3.8, 4) is 5.75 Å². The first-order valence-electron chi connectivity index (χ1n) is 5.28. The zero-order valence-corrected chi connectivity index (χ0v) is 12.4. The van der Waals surface area contributed by atoms with E-state index in [4.69, 9.17) is 5.11 Å². The zero-order valence-electron chi connectivity index (χ0n) is 10.7. The number of hydrogen-bond donors (Lipinski definition) is 2. The molecule has 0 aliphatic rings. The summed E-state index contributed by atoms with van der Waals surface area (Å²) in [5, 5.41) is 12.6. The van der Waals surface area contributed by atoms with Crippen molar-refractivity contribution in [1.82, 2.24) is 10.3 Å². The molecule has 5 heteroatoms. The van der Waals surface area contributed by atoms with Crippen LogP contribution in [0.25, 0.3) is 0 Å². The van der Waals surface area contributed by atoms with Crippen molar-refractivity contribution in [3.63, 3.8) is 0 Å². The predicted octanol–water partition coefficient (Wildman–Crippen LogP) is 2.95. The summed E-state index contributed by atoms with van der Waals surface area (Å²) in [6, 6.07) is 3.91. The van der Waals surface area contributed by atoms with Gasteiger partial charge in [-0.3, -0.25) is 4.98 Å². The lowest BCUT2D eigenvalue weighted by Crippen LogP contribution is -2.43. The summed E-state index contributed by atoms with van der Waals surface area (Å²) in [6.45, 7) is 8.58. The highest BCUT2D eigenvalue weighted by molar-refractivity contribution is 5.85. The standard InChI is InChI=1S/C12H20N2O.2ClH/c1-9(14-12(2,3)4)7-10-5-6-11(15)8-13-10;;/h5-6,8-9,14-15H,7H2,1-4H3;2*1H. The smallest absolute Gasteiger partial charge is 0.133 e. The third-order valence-corrected chi connectivity index (χ3v) is 2.00. The van der Waals surface area contributed by atoms with Crippen molar-refractivity contribution in [3.05, 3.63) is 24.0 Å². The molecule has 100 valence electrons. The van der Waals surface area contributed by atoms with E-state index in [0.717, 1.165) is 12.1 Å². The fourth-order valence-electron chi connectivity index (χ4n) is 1.64. The van der Waals surface area contributed by atoms with E-state index in [-0.39, 0.29) is 36.1 Å². The normalized spacial score (nSPS) is 12.2. The second-order valence-corrected chi connectivity index (χ2v) is 5.01. The van der Waals surface area contributed by atoms with E-state index in [9.17, 15) is 0 Å². The molecule has 1 aromatic heterocycles. The maximum Gasteiger partial charge on any atom is 0.133 e. The average Bonchev–Trinajstić information content (AvgIpc) is 2.05. The molecule has 17 heavy (non-hydrogen) atoms. The van der Waals surface area contributed by atoms with Crippen LogP contribution < -0.4 is 5.32 Å². The minimum absolute atomic E-state index is 0. The maximum atomic E-state index is 9.10. The Balaban J connectivity index is 0. The van der Waals surface area contributed by atoms with Crippen LogP contribution >= 0.6 is 24.8 Å². The van der Waals surface area contributed by atoms with Gasteiger partial charge in [0.25, 0.3) is 0 Å². The lowest BCUT2D eigenvalue weighted by molar-refractivity contribution is 0.369. The molecule has 0 amide bonds. The number of nitrogens with zero attached hydrogens (tertiary/aromatic N) is 1. The number of rotatable bonds is 3. The zero-order chi connectivity index (χ0) is 11.5. The van der Waals surface area contributed by atoms with E-state index in [2.05, 4.69) is 38.0 Å². The van der Waals surface area contributed by atoms with Gasteiger partial charge in [-0.15, -0.1) is 24.8 Å². The molecule has 1 heterocycles. The Kier molecular flexibility index (Phi) is 8.59. The molecular formula is C12H22Cl2N2O. The molecule has 1 aromatic rings. The number of pyridine rings is 1. The van der Waals surface area contributed by atoms with E-state index in [1.165, 1.54) is 6.20 Å². The van der Waals surface area contributed by atoms with Gasteiger partial charge in [0.05, 0.1) is 6.20 Å². The first-order valence-corrected chi connectivity index (χ1v) is 5.28. The van der Waals surface area contributed by atoms with Crippen LogP contribution in [-0.2, 0) is 6.42 Å². The van der Waals surface area contributed by atoms with E-state index in [0.29, 0.717) is 6.04 Å². The molecular weight excluding hydrogens is 259 g/mol. The Labute approximate surface area is 116 Å². The van der Waals surface area contributed by atoms with Gasteiger partial charge in [-0.2, -0.15) is 0 Å². The van der Waals surface area contributed by atoms with Crippen LogP contribution in [-0.4, -0.2) is 21.7 Å². The fourth-order valence-corrected chi connectivity index (χ4v) is 1.64. The molecule has 0 saturated heterocycles. The molecule has 3 nitrogen and oxygen atoms in total. The van der Waals surface area contributed by atoms with Crippen LogP contribution in [0.1, 0.15) is 33.4 Å². The topological polar surface area (TPSA) is 45.2 Å². The lowest BCUT2D eigenvalue weighted by atomic mass is 10.1. The molecule has 0 aliphatic heterocycles. The highest BCUT2D eigenvalue weighted by atomic mass is 35.5. The van der Waals surface area contributed by atoms with Crippen molar-refractivity contribution in [2.24, 2.45) is 0 Å². The summed E-state index contributed by atoms with van der Waals surface area (Å²) in [4.78, 5) is 4.16. The molecule has 0 saturated carbocycles. The fraction of sp³-hybridized carbons (Fsp3) is 0.583. The number of nitrogens with one attached hydrogen (secondary N) is 1. The maximum absolute atomic E-state index is 9.10. The quantitative estimate of drug-likeness (QED) is 0.895. The monoisotopic (exact) mass is 280 g/mol. The molecule has 0 spiro atoms. The SMILES string of the molecule is CC(Cc1ccc(O)cn1)NC(C)(C)C.Cl.Cl.